The van der Waals surface area contributed by atoms with E-state index in [2.05, 4.69) is 59.0 Å². The van der Waals surface area contributed by atoms with E-state index in [1.165, 1.54) is 23.8 Å². The van der Waals surface area contributed by atoms with Gasteiger partial charge in [0.2, 0.25) is 5.79 Å². The van der Waals surface area contributed by atoms with Crippen molar-refractivity contribution in [2.45, 2.75) is 72.1 Å². The Labute approximate surface area is 222 Å². The number of rotatable bonds is 3. The molecule has 1 fully saturated rings. The number of nitrogens with one attached hydrogen (secondary N) is 1. The Hall–Kier alpha value is -1.45. The van der Waals surface area contributed by atoms with Gasteiger partial charge in [0.1, 0.15) is 18.8 Å². The van der Waals surface area contributed by atoms with Crippen LogP contribution in [-0.4, -0.2) is 58.1 Å². The first kappa shape index (κ1) is 31.6. The fraction of sp³-hybridized carbons (Fsp3) is 0.481. The number of benzene rings is 2. The summed E-state index contributed by atoms with van der Waals surface area (Å²) >= 11 is 9.50. The number of fused-ring (bicyclic) bond motifs is 1. The molecule has 1 unspecified atom stereocenters. The molecule has 2 heterocycles. The van der Waals surface area contributed by atoms with Crippen LogP contribution in [0.3, 0.4) is 0 Å². The number of aliphatic hydroxyl groups excluding tert-OH is 3. The highest BCUT2D eigenvalue weighted by atomic mass is 79.9. The highest BCUT2D eigenvalue weighted by molar-refractivity contribution is 9.10. The van der Waals surface area contributed by atoms with E-state index >= 15 is 0 Å². The molecule has 0 saturated carbocycles. The lowest BCUT2D eigenvalue weighted by molar-refractivity contribution is -0.261. The van der Waals surface area contributed by atoms with Crippen molar-refractivity contribution in [3.63, 3.8) is 0 Å². The number of aromatic nitrogens is 1. The van der Waals surface area contributed by atoms with Crippen LogP contribution in [0.1, 0.15) is 43.9 Å². The number of hydrogen-bond acceptors (Lipinski definition) is 5. The van der Waals surface area contributed by atoms with Crippen molar-refractivity contribution in [3.05, 3.63) is 68.8 Å². The van der Waals surface area contributed by atoms with Gasteiger partial charge in [0.15, 0.2) is 0 Å². The number of aromatic amines is 1. The van der Waals surface area contributed by atoms with Gasteiger partial charge >= 0.3 is 0 Å². The summed E-state index contributed by atoms with van der Waals surface area (Å²) in [6.45, 7) is 11.6. The predicted octanol–water partition coefficient (Wildman–Crippen LogP) is 6.07. The van der Waals surface area contributed by atoms with E-state index in [1.54, 1.807) is 0 Å². The molecule has 1 aromatic heterocycles. The van der Waals surface area contributed by atoms with E-state index in [0.717, 1.165) is 20.4 Å². The number of aliphatic hydroxyl groups is 3. The maximum Gasteiger partial charge on any atom is 0.221 e. The molecule has 0 radical (unpaired) electrons. The maximum atomic E-state index is 9.55. The summed E-state index contributed by atoms with van der Waals surface area (Å²) < 4.78 is 11.1. The minimum absolute atomic E-state index is 0.474. The first-order valence-electron chi connectivity index (χ1n) is 11.7. The third-order valence-corrected chi connectivity index (χ3v) is 6.91. The zero-order valence-corrected chi connectivity index (χ0v) is 23.9. The number of aryl methyl sites for hydroxylation is 3. The van der Waals surface area contributed by atoms with Crippen LogP contribution in [0.15, 0.2) is 47.1 Å². The van der Waals surface area contributed by atoms with Gasteiger partial charge in [-0.15, -0.1) is 0 Å². The lowest BCUT2D eigenvalue weighted by Gasteiger charge is -2.27. The van der Waals surface area contributed by atoms with E-state index in [4.69, 9.17) is 26.2 Å². The molecule has 6 nitrogen and oxygen atoms in total. The molecule has 0 amide bonds. The first-order chi connectivity index (χ1) is 16.6. The molecule has 3 aromatic rings. The molecule has 196 valence electrons. The molecule has 0 bridgehead atoms. The summed E-state index contributed by atoms with van der Waals surface area (Å²) in [6.07, 6.45) is -0.168. The molecular formula is C27H39BrClNO5. The van der Waals surface area contributed by atoms with Crippen molar-refractivity contribution >= 4 is 38.4 Å². The monoisotopic (exact) mass is 571 g/mol. The molecule has 2 aromatic carbocycles. The molecular weight excluding hydrogens is 534 g/mol. The van der Waals surface area contributed by atoms with Crippen molar-refractivity contribution in [1.29, 1.82) is 0 Å². The van der Waals surface area contributed by atoms with E-state index in [1.807, 2.05) is 46.0 Å². The summed E-state index contributed by atoms with van der Waals surface area (Å²) in [5.74, 6) is -1.46. The SMILES string of the molecule is CC.CC[C@H]1O[C@@](CO)(OC)[C@H](O)C1O.Cc1c[nH]c2ccc(Br)c(Cl)c12.Cc1ccc(C)cc1. The Morgan fingerprint density at radius 1 is 1.06 bits per heavy atom. The molecule has 1 saturated heterocycles. The maximum absolute atomic E-state index is 9.55. The average molecular weight is 573 g/mol. The lowest BCUT2D eigenvalue weighted by Crippen LogP contribution is -2.47. The summed E-state index contributed by atoms with van der Waals surface area (Å²) in [7, 11) is 1.32. The molecule has 4 N–H and O–H groups in total. The van der Waals surface area contributed by atoms with Gasteiger partial charge in [-0.1, -0.05) is 67.8 Å². The van der Waals surface area contributed by atoms with Crippen LogP contribution in [0.2, 0.25) is 5.02 Å². The van der Waals surface area contributed by atoms with Gasteiger partial charge in [-0.2, -0.15) is 0 Å². The minimum Gasteiger partial charge on any atom is -0.391 e. The highest BCUT2D eigenvalue weighted by Gasteiger charge is 2.53. The molecule has 8 heteroatoms. The van der Waals surface area contributed by atoms with Crippen molar-refractivity contribution in [3.8, 4) is 0 Å². The van der Waals surface area contributed by atoms with Gasteiger partial charge < -0.3 is 29.8 Å². The lowest BCUT2D eigenvalue weighted by atomic mass is 10.0. The molecule has 0 aliphatic carbocycles. The largest absolute Gasteiger partial charge is 0.391 e. The van der Waals surface area contributed by atoms with Crippen LogP contribution in [0.5, 0.6) is 0 Å². The minimum atomic E-state index is -1.46. The second-order valence-electron chi connectivity index (χ2n) is 8.08. The molecule has 35 heavy (non-hydrogen) atoms. The van der Waals surface area contributed by atoms with E-state index in [0.29, 0.717) is 6.42 Å². The number of ether oxygens (including phenoxy) is 2. The van der Waals surface area contributed by atoms with Crippen molar-refractivity contribution in [2.24, 2.45) is 0 Å². The van der Waals surface area contributed by atoms with Crippen LogP contribution in [-0.2, 0) is 9.47 Å². The summed E-state index contributed by atoms with van der Waals surface area (Å²) in [4.78, 5) is 3.15. The van der Waals surface area contributed by atoms with E-state index in [-0.39, 0.29) is 0 Å². The van der Waals surface area contributed by atoms with Crippen LogP contribution < -0.4 is 0 Å². The van der Waals surface area contributed by atoms with Crippen LogP contribution in [0.4, 0.5) is 0 Å². The average Bonchev–Trinajstić information content (AvgIpc) is 3.38. The van der Waals surface area contributed by atoms with Gasteiger partial charge in [0, 0.05) is 28.7 Å². The van der Waals surface area contributed by atoms with Gasteiger partial charge in [-0.25, -0.2) is 0 Å². The van der Waals surface area contributed by atoms with Crippen molar-refractivity contribution < 1.29 is 24.8 Å². The first-order valence-corrected chi connectivity index (χ1v) is 12.9. The van der Waals surface area contributed by atoms with Gasteiger partial charge in [-0.05, 0) is 60.8 Å². The molecule has 1 aliphatic heterocycles. The standard InChI is InChI=1S/C9H7BrClN.C8H16O5.C8H10.C2H6/c1-5-4-12-7-3-2-6(10)9(11)8(5)7;1-3-5-6(10)7(11)8(4-9,12-2)13-5;1-7-3-5-8(2)6-4-7;1-2/h2-4,12H,1H3;5-7,9-11H,3-4H2,1-2H3;3-6H,1-2H3;1-2H3/t;5-,6?,7-,8-;;/m.1../s1. The van der Waals surface area contributed by atoms with Gasteiger partial charge in [0.25, 0.3) is 0 Å². The van der Waals surface area contributed by atoms with E-state index in [9.17, 15) is 10.2 Å². The molecule has 0 spiro atoms. The second-order valence-corrected chi connectivity index (χ2v) is 9.32. The predicted molar refractivity (Wildman–Crippen MR) is 147 cm³/mol. The Kier molecular flexibility index (Phi) is 13.5. The molecule has 4 atom stereocenters. The Morgan fingerprint density at radius 3 is 2.00 bits per heavy atom. The third kappa shape index (κ3) is 8.02. The van der Waals surface area contributed by atoms with Crippen molar-refractivity contribution in [1.82, 2.24) is 4.98 Å². The Bertz CT molecular complexity index is 999. The van der Waals surface area contributed by atoms with E-state index < -0.39 is 30.7 Å². The molecule has 4 rings (SSSR count). The van der Waals surface area contributed by atoms with Gasteiger partial charge in [0.05, 0.1) is 11.1 Å². The third-order valence-electron chi connectivity index (χ3n) is 5.63. The summed E-state index contributed by atoms with van der Waals surface area (Å²) in [6, 6.07) is 12.4. The fourth-order valence-corrected chi connectivity index (χ4v) is 4.14. The normalized spacial score (nSPS) is 22.9. The zero-order chi connectivity index (χ0) is 26.8. The zero-order valence-electron chi connectivity index (χ0n) is 21.6. The number of H-pyrrole nitrogens is 1. The fourth-order valence-electron chi connectivity index (χ4n) is 3.50. The number of halogens is 2. The van der Waals surface area contributed by atoms with Crippen LogP contribution in [0.25, 0.3) is 10.9 Å². The highest BCUT2D eigenvalue weighted by Crippen LogP contribution is 2.33. The quantitative estimate of drug-likeness (QED) is 0.305. The van der Waals surface area contributed by atoms with Crippen LogP contribution >= 0.6 is 27.5 Å². The summed E-state index contributed by atoms with van der Waals surface area (Å²) in [5.41, 5.74) is 4.92. The smallest absolute Gasteiger partial charge is 0.221 e. The number of hydrogen-bond donors (Lipinski definition) is 4. The second kappa shape index (κ2) is 15.0. The number of methoxy groups -OCH3 is 1. The Morgan fingerprint density at radius 2 is 1.60 bits per heavy atom. The topological polar surface area (TPSA) is 94.9 Å². The van der Waals surface area contributed by atoms with Crippen LogP contribution in [0, 0.1) is 20.8 Å². The van der Waals surface area contributed by atoms with Gasteiger partial charge in [-0.3, -0.25) is 0 Å². The Balaban J connectivity index is 0.000000259. The van der Waals surface area contributed by atoms with Crippen molar-refractivity contribution in [2.75, 3.05) is 13.7 Å². The summed E-state index contributed by atoms with van der Waals surface area (Å²) in [5, 5.41) is 29.9. The molecule has 1 aliphatic rings.